The van der Waals surface area contributed by atoms with Crippen molar-refractivity contribution in [2.45, 2.75) is 44.4 Å². The van der Waals surface area contributed by atoms with Gasteiger partial charge in [-0.15, -0.1) is 0 Å². The van der Waals surface area contributed by atoms with E-state index in [0.717, 1.165) is 23.1 Å². The van der Waals surface area contributed by atoms with Crippen molar-refractivity contribution in [1.82, 2.24) is 16.0 Å². The third-order valence-electron chi connectivity index (χ3n) is 5.78. The molecule has 1 saturated heterocycles. The lowest BCUT2D eigenvalue weighted by molar-refractivity contribution is -0.121. The molecule has 3 atom stereocenters. The summed E-state index contributed by atoms with van der Waals surface area (Å²) in [4.78, 5) is 24.3. The topological polar surface area (TPSA) is 88.7 Å². The van der Waals surface area contributed by atoms with Crippen LogP contribution in [0.3, 0.4) is 0 Å². The Hall–Kier alpha value is -2.84. The van der Waals surface area contributed by atoms with Crippen LogP contribution < -0.4 is 20.7 Å². The van der Waals surface area contributed by atoms with Gasteiger partial charge in [-0.25, -0.2) is 4.79 Å². The van der Waals surface area contributed by atoms with E-state index in [0.29, 0.717) is 40.8 Å². The van der Waals surface area contributed by atoms with E-state index >= 15 is 0 Å². The summed E-state index contributed by atoms with van der Waals surface area (Å²) < 4.78 is 10.8. The second-order valence-electron chi connectivity index (χ2n) is 8.42. The van der Waals surface area contributed by atoms with Crippen LogP contribution in [-0.2, 0) is 16.0 Å². The number of halogens is 1. The molecule has 33 heavy (non-hydrogen) atoms. The summed E-state index contributed by atoms with van der Waals surface area (Å²) in [5.74, 6) is 0.206. The third-order valence-corrected chi connectivity index (χ3v) is 6.30. The fraction of sp³-hybridized carbons (Fsp3) is 0.375. The highest BCUT2D eigenvalue weighted by Crippen LogP contribution is 2.39. The molecule has 4 rings (SSSR count). The standard InChI is InChI=1S/C24H26ClN3O4S/c1-13-6-18(28-24(33)27-13)11-21(29)26-12-19-9-17-8-16(10-20(25)22(17)32-19)14-4-3-5-15(7-14)23(30)31-2/h3-5,7-8,10,13,18-19H,6,9,11-12H2,1-2H3,(H,26,29)(H2,27,28,33)/t13-,18+,19?/m1/s1. The van der Waals surface area contributed by atoms with Crippen LogP contribution in [0.1, 0.15) is 35.7 Å². The molecule has 7 nitrogen and oxygen atoms in total. The second kappa shape index (κ2) is 9.97. The van der Waals surface area contributed by atoms with Crippen molar-refractivity contribution >= 4 is 40.8 Å². The minimum Gasteiger partial charge on any atom is -0.486 e. The number of rotatable bonds is 6. The molecule has 1 unspecified atom stereocenters. The van der Waals surface area contributed by atoms with Gasteiger partial charge in [-0.3, -0.25) is 4.79 Å². The van der Waals surface area contributed by atoms with Crippen LogP contribution in [0.25, 0.3) is 11.1 Å². The number of fused-ring (bicyclic) bond motifs is 1. The van der Waals surface area contributed by atoms with E-state index in [1.165, 1.54) is 7.11 Å². The highest BCUT2D eigenvalue weighted by molar-refractivity contribution is 7.80. The number of methoxy groups -OCH3 is 1. The number of benzene rings is 2. The molecule has 0 spiro atoms. The largest absolute Gasteiger partial charge is 0.486 e. The van der Waals surface area contributed by atoms with Gasteiger partial charge in [0.05, 0.1) is 24.2 Å². The Morgan fingerprint density at radius 3 is 2.82 bits per heavy atom. The molecule has 2 aliphatic heterocycles. The highest BCUT2D eigenvalue weighted by atomic mass is 35.5. The van der Waals surface area contributed by atoms with Crippen LogP contribution >= 0.6 is 23.8 Å². The fourth-order valence-corrected chi connectivity index (χ4v) is 4.92. The van der Waals surface area contributed by atoms with Crippen LogP contribution in [0, 0.1) is 0 Å². The van der Waals surface area contributed by atoms with E-state index in [1.54, 1.807) is 12.1 Å². The summed E-state index contributed by atoms with van der Waals surface area (Å²) in [5.41, 5.74) is 3.20. The Kier molecular flexibility index (Phi) is 7.05. The molecule has 2 heterocycles. The molecule has 0 saturated carbocycles. The molecule has 1 amide bonds. The SMILES string of the molecule is COC(=O)c1cccc(-c2cc(Cl)c3c(c2)CC(CNC(=O)C[C@@H]2C[C@@H](C)NC(=S)N2)O3)c1. The van der Waals surface area contributed by atoms with Crippen molar-refractivity contribution in [1.29, 1.82) is 0 Å². The van der Waals surface area contributed by atoms with Crippen molar-refractivity contribution in [2.24, 2.45) is 0 Å². The molecule has 1 fully saturated rings. The number of ether oxygens (including phenoxy) is 2. The molecule has 0 aliphatic carbocycles. The zero-order valence-electron chi connectivity index (χ0n) is 18.4. The lowest BCUT2D eigenvalue weighted by Crippen LogP contribution is -2.54. The zero-order chi connectivity index (χ0) is 23.5. The number of amides is 1. The van der Waals surface area contributed by atoms with Crippen molar-refractivity contribution in [2.75, 3.05) is 13.7 Å². The lowest BCUT2D eigenvalue weighted by atomic mass is 9.99. The van der Waals surface area contributed by atoms with E-state index < -0.39 is 0 Å². The fourth-order valence-electron chi connectivity index (χ4n) is 4.27. The number of nitrogens with one attached hydrogen (secondary N) is 3. The number of esters is 1. The molecule has 174 valence electrons. The van der Waals surface area contributed by atoms with Gasteiger partial charge in [0.2, 0.25) is 5.91 Å². The van der Waals surface area contributed by atoms with Crippen molar-refractivity contribution < 1.29 is 19.1 Å². The average Bonchev–Trinajstić information content (AvgIpc) is 3.20. The first-order chi connectivity index (χ1) is 15.8. The Bertz CT molecular complexity index is 1090. The summed E-state index contributed by atoms with van der Waals surface area (Å²) in [7, 11) is 1.36. The van der Waals surface area contributed by atoms with Gasteiger partial charge in [0.25, 0.3) is 0 Å². The number of carbonyl (C=O) groups is 2. The maximum absolute atomic E-state index is 12.4. The van der Waals surface area contributed by atoms with Crippen LogP contribution in [0.15, 0.2) is 36.4 Å². The maximum Gasteiger partial charge on any atom is 0.337 e. The molecule has 2 aromatic rings. The van der Waals surface area contributed by atoms with Crippen LogP contribution in [0.5, 0.6) is 5.75 Å². The van der Waals surface area contributed by atoms with Crippen molar-refractivity contribution in [3.63, 3.8) is 0 Å². The summed E-state index contributed by atoms with van der Waals surface area (Å²) in [6.45, 7) is 2.44. The van der Waals surface area contributed by atoms with E-state index in [4.69, 9.17) is 33.3 Å². The summed E-state index contributed by atoms with van der Waals surface area (Å²) in [6.07, 6.45) is 1.62. The molecular weight excluding hydrogens is 462 g/mol. The van der Waals surface area contributed by atoms with Crippen molar-refractivity contribution in [3.8, 4) is 16.9 Å². The molecular formula is C24H26ClN3O4S. The van der Waals surface area contributed by atoms with Crippen molar-refractivity contribution in [3.05, 3.63) is 52.5 Å². The summed E-state index contributed by atoms with van der Waals surface area (Å²) in [6, 6.07) is 11.3. The van der Waals surface area contributed by atoms with E-state index in [-0.39, 0.29) is 30.1 Å². The third kappa shape index (κ3) is 5.57. The molecule has 0 bridgehead atoms. The minimum atomic E-state index is -0.390. The summed E-state index contributed by atoms with van der Waals surface area (Å²) >= 11 is 11.7. The number of hydrogen-bond donors (Lipinski definition) is 3. The average molecular weight is 488 g/mol. The predicted molar refractivity (Wildman–Crippen MR) is 131 cm³/mol. The molecule has 0 aromatic heterocycles. The zero-order valence-corrected chi connectivity index (χ0v) is 20.0. The van der Waals surface area contributed by atoms with Gasteiger partial charge < -0.3 is 25.4 Å². The Morgan fingerprint density at radius 1 is 1.24 bits per heavy atom. The first-order valence-corrected chi connectivity index (χ1v) is 11.6. The summed E-state index contributed by atoms with van der Waals surface area (Å²) in [5, 5.41) is 10.3. The van der Waals surface area contributed by atoms with Gasteiger partial charge in [-0.1, -0.05) is 23.7 Å². The number of thiocarbonyl (C=S) groups is 1. The van der Waals surface area contributed by atoms with E-state index in [9.17, 15) is 9.59 Å². The van der Waals surface area contributed by atoms with Gasteiger partial charge in [0.1, 0.15) is 11.9 Å². The van der Waals surface area contributed by atoms with Gasteiger partial charge >= 0.3 is 5.97 Å². The van der Waals surface area contributed by atoms with Crippen LogP contribution in [0.4, 0.5) is 0 Å². The van der Waals surface area contributed by atoms with Crippen LogP contribution in [-0.4, -0.2) is 48.8 Å². The lowest BCUT2D eigenvalue weighted by Gasteiger charge is -2.30. The molecule has 2 aliphatic rings. The van der Waals surface area contributed by atoms with E-state index in [2.05, 4.69) is 16.0 Å². The quantitative estimate of drug-likeness (QED) is 0.426. The molecule has 2 aromatic carbocycles. The smallest absolute Gasteiger partial charge is 0.337 e. The Morgan fingerprint density at radius 2 is 2.06 bits per heavy atom. The van der Waals surface area contributed by atoms with E-state index in [1.807, 2.05) is 31.2 Å². The molecule has 9 heteroatoms. The van der Waals surface area contributed by atoms with Gasteiger partial charge in [0, 0.05) is 30.5 Å². The van der Waals surface area contributed by atoms with Gasteiger partial charge in [0.15, 0.2) is 5.11 Å². The normalized spacial score (nSPS) is 21.3. The minimum absolute atomic E-state index is 0.0215. The second-order valence-corrected chi connectivity index (χ2v) is 9.24. The molecule has 0 radical (unpaired) electrons. The number of carbonyl (C=O) groups excluding carboxylic acids is 2. The monoisotopic (exact) mass is 487 g/mol. The Balaban J connectivity index is 1.37. The van der Waals surface area contributed by atoms with Crippen LogP contribution in [0.2, 0.25) is 5.02 Å². The first kappa shape index (κ1) is 23.3. The van der Waals surface area contributed by atoms with Gasteiger partial charge in [-0.2, -0.15) is 0 Å². The maximum atomic E-state index is 12.4. The van der Waals surface area contributed by atoms with Gasteiger partial charge in [-0.05, 0) is 61.0 Å². The number of hydrogen-bond acceptors (Lipinski definition) is 5. The highest BCUT2D eigenvalue weighted by Gasteiger charge is 2.28. The first-order valence-electron chi connectivity index (χ1n) is 10.8. The molecule has 3 N–H and O–H groups in total. The predicted octanol–water partition coefficient (Wildman–Crippen LogP) is 3.23. The Labute approximate surface area is 203 Å².